The summed E-state index contributed by atoms with van der Waals surface area (Å²) in [6.07, 6.45) is 3.31. The lowest BCUT2D eigenvalue weighted by Crippen LogP contribution is -2.26. The number of nitrogens with one attached hydrogen (secondary N) is 1. The first kappa shape index (κ1) is 22.0. The second-order valence-corrected chi connectivity index (χ2v) is 8.45. The number of H-pyrrole nitrogens is 1. The van der Waals surface area contributed by atoms with E-state index < -0.39 is 0 Å². The number of benzene rings is 2. The van der Waals surface area contributed by atoms with Crippen LogP contribution in [0.5, 0.6) is 5.75 Å². The highest BCUT2D eigenvalue weighted by Crippen LogP contribution is 2.22. The molecule has 0 saturated carbocycles. The first-order chi connectivity index (χ1) is 16.5. The molecule has 0 fully saturated rings. The molecule has 5 aromatic rings. The first-order valence-electron chi connectivity index (χ1n) is 10.4. The van der Waals surface area contributed by atoms with E-state index >= 15 is 0 Å². The minimum absolute atomic E-state index is 0.00505. The number of halogens is 2. The predicted octanol–water partition coefficient (Wildman–Crippen LogP) is 4.81. The number of hydrogen-bond acceptors (Lipinski definition) is 4. The van der Waals surface area contributed by atoms with E-state index in [4.69, 9.17) is 27.9 Å². The number of aromatic amines is 1. The summed E-state index contributed by atoms with van der Waals surface area (Å²) in [6.45, 7) is 0.252. The molecule has 0 amide bonds. The van der Waals surface area contributed by atoms with Gasteiger partial charge in [0, 0.05) is 23.5 Å². The van der Waals surface area contributed by atoms with Crippen LogP contribution in [0.25, 0.3) is 16.6 Å². The van der Waals surface area contributed by atoms with Crippen LogP contribution < -0.4 is 15.9 Å². The molecule has 170 valence electrons. The fourth-order valence-electron chi connectivity index (χ4n) is 3.79. The highest BCUT2D eigenvalue weighted by atomic mass is 35.5. The smallest absolute Gasteiger partial charge is 0.281 e. The normalized spacial score (nSPS) is 11.1. The number of pyridine rings is 2. The van der Waals surface area contributed by atoms with Crippen LogP contribution in [-0.4, -0.2) is 19.3 Å². The van der Waals surface area contributed by atoms with Crippen molar-refractivity contribution in [2.75, 3.05) is 0 Å². The Morgan fingerprint density at radius 3 is 2.41 bits per heavy atom. The van der Waals surface area contributed by atoms with Gasteiger partial charge < -0.3 is 9.30 Å². The van der Waals surface area contributed by atoms with Gasteiger partial charge in [0.05, 0.1) is 33.9 Å². The van der Waals surface area contributed by atoms with Crippen LogP contribution in [0, 0.1) is 0 Å². The van der Waals surface area contributed by atoms with Crippen LogP contribution >= 0.6 is 23.2 Å². The van der Waals surface area contributed by atoms with Crippen molar-refractivity contribution < 1.29 is 4.74 Å². The van der Waals surface area contributed by atoms with Gasteiger partial charge in [-0.25, -0.2) is 4.68 Å². The van der Waals surface area contributed by atoms with Crippen LogP contribution in [0.15, 0.2) is 88.7 Å². The van der Waals surface area contributed by atoms with Crippen LogP contribution in [-0.2, 0) is 13.2 Å². The number of para-hydroxylation sites is 1. The Bertz CT molecular complexity index is 1590. The molecular weight excluding hydrogens is 475 g/mol. The SMILES string of the molecule is O=c1c2c(COc3ccc(Cl)cc3)n(Cc3ccncc3)c(=O)cc2[nH]n1-c1ccccc1Cl. The maximum absolute atomic E-state index is 13.5. The highest BCUT2D eigenvalue weighted by molar-refractivity contribution is 6.32. The lowest BCUT2D eigenvalue weighted by atomic mass is 10.2. The number of nitrogens with zero attached hydrogens (tertiary/aromatic N) is 3. The standard InChI is InChI=1S/C25H18Cl2N4O3/c26-17-5-7-18(8-6-17)34-15-22-24-20(13-23(32)30(22)14-16-9-11-28-12-10-16)29-31(25(24)33)21-4-2-1-3-19(21)27/h1-13,29H,14-15H2. The van der Waals surface area contributed by atoms with Crippen molar-refractivity contribution in [1.82, 2.24) is 19.3 Å². The summed E-state index contributed by atoms with van der Waals surface area (Å²) in [5.74, 6) is 0.561. The molecule has 0 radical (unpaired) electrons. The molecule has 2 aromatic carbocycles. The molecule has 0 spiro atoms. The molecular formula is C25H18Cl2N4O3. The molecule has 7 nitrogen and oxygen atoms in total. The monoisotopic (exact) mass is 492 g/mol. The molecule has 0 aliphatic rings. The predicted molar refractivity (Wildman–Crippen MR) is 132 cm³/mol. The molecule has 3 aromatic heterocycles. The molecule has 3 heterocycles. The van der Waals surface area contributed by atoms with Gasteiger partial charge in [-0.2, -0.15) is 0 Å². The number of hydrogen-bond donors (Lipinski definition) is 1. The minimum Gasteiger partial charge on any atom is -0.487 e. The van der Waals surface area contributed by atoms with Gasteiger partial charge in [-0.15, -0.1) is 0 Å². The maximum Gasteiger partial charge on any atom is 0.281 e. The quantitative estimate of drug-likeness (QED) is 0.368. The Morgan fingerprint density at radius 2 is 1.68 bits per heavy atom. The fourth-order valence-corrected chi connectivity index (χ4v) is 4.13. The summed E-state index contributed by atoms with van der Waals surface area (Å²) in [5.41, 5.74) is 1.60. The second-order valence-electron chi connectivity index (χ2n) is 7.61. The Labute approximate surface area is 203 Å². The molecule has 0 unspecified atom stereocenters. The van der Waals surface area contributed by atoms with Gasteiger partial charge in [0.25, 0.3) is 11.1 Å². The second kappa shape index (κ2) is 9.21. The Hall–Kier alpha value is -3.81. The van der Waals surface area contributed by atoms with Gasteiger partial charge in [0.1, 0.15) is 12.4 Å². The summed E-state index contributed by atoms with van der Waals surface area (Å²) in [4.78, 5) is 30.7. The molecule has 0 aliphatic carbocycles. The van der Waals surface area contributed by atoms with E-state index in [-0.39, 0.29) is 24.3 Å². The number of ether oxygens (including phenoxy) is 1. The molecule has 9 heteroatoms. The van der Waals surface area contributed by atoms with Gasteiger partial charge >= 0.3 is 0 Å². The zero-order chi connectivity index (χ0) is 23.7. The summed E-state index contributed by atoms with van der Waals surface area (Å²) in [7, 11) is 0. The largest absolute Gasteiger partial charge is 0.487 e. The number of aromatic nitrogens is 4. The third-order valence-corrected chi connectivity index (χ3v) is 6.01. The van der Waals surface area contributed by atoms with Crippen LogP contribution in [0.2, 0.25) is 10.0 Å². The van der Waals surface area contributed by atoms with Crippen molar-refractivity contribution in [3.63, 3.8) is 0 Å². The summed E-state index contributed by atoms with van der Waals surface area (Å²) >= 11 is 12.3. The first-order valence-corrected chi connectivity index (χ1v) is 11.2. The van der Waals surface area contributed by atoms with E-state index in [1.54, 1.807) is 65.5 Å². The van der Waals surface area contributed by atoms with Gasteiger partial charge in [-0.05, 0) is 54.1 Å². The van der Waals surface area contributed by atoms with Crippen LogP contribution in [0.4, 0.5) is 0 Å². The van der Waals surface area contributed by atoms with Crippen molar-refractivity contribution in [2.24, 2.45) is 0 Å². The van der Waals surface area contributed by atoms with Crippen molar-refractivity contribution in [3.05, 3.63) is 121 Å². The van der Waals surface area contributed by atoms with Gasteiger partial charge in [0.15, 0.2) is 0 Å². The van der Waals surface area contributed by atoms with Crippen molar-refractivity contribution in [1.29, 1.82) is 0 Å². The van der Waals surface area contributed by atoms with E-state index in [9.17, 15) is 9.59 Å². The average molecular weight is 493 g/mol. The Balaban J connectivity index is 1.68. The van der Waals surface area contributed by atoms with Crippen LogP contribution in [0.1, 0.15) is 11.3 Å². The van der Waals surface area contributed by atoms with E-state index in [0.717, 1.165) is 5.56 Å². The van der Waals surface area contributed by atoms with Gasteiger partial charge in [-0.3, -0.25) is 19.7 Å². The summed E-state index contributed by atoms with van der Waals surface area (Å²) in [5, 5.41) is 4.36. The molecule has 1 N–H and O–H groups in total. The molecule has 0 atom stereocenters. The zero-order valence-electron chi connectivity index (χ0n) is 17.7. The van der Waals surface area contributed by atoms with Gasteiger partial charge in [0.2, 0.25) is 0 Å². The van der Waals surface area contributed by atoms with E-state index in [1.807, 2.05) is 12.1 Å². The van der Waals surface area contributed by atoms with E-state index in [1.165, 1.54) is 10.7 Å². The topological polar surface area (TPSA) is 81.9 Å². The van der Waals surface area contributed by atoms with Gasteiger partial charge in [-0.1, -0.05) is 35.3 Å². The molecule has 34 heavy (non-hydrogen) atoms. The Kier molecular flexibility index (Phi) is 5.96. The van der Waals surface area contributed by atoms with Crippen LogP contribution in [0.3, 0.4) is 0 Å². The van der Waals surface area contributed by atoms with Crippen molar-refractivity contribution in [3.8, 4) is 11.4 Å². The number of rotatable bonds is 6. The summed E-state index contributed by atoms with van der Waals surface area (Å²) < 4.78 is 8.85. The van der Waals surface area contributed by atoms with E-state index in [0.29, 0.717) is 38.1 Å². The number of fused-ring (bicyclic) bond motifs is 1. The lowest BCUT2D eigenvalue weighted by Gasteiger charge is -2.14. The summed E-state index contributed by atoms with van der Waals surface area (Å²) in [6, 6.07) is 18.9. The Morgan fingerprint density at radius 1 is 0.941 bits per heavy atom. The maximum atomic E-state index is 13.5. The van der Waals surface area contributed by atoms with Crippen molar-refractivity contribution >= 4 is 34.1 Å². The third kappa shape index (κ3) is 4.23. The minimum atomic E-state index is -0.332. The van der Waals surface area contributed by atoms with E-state index in [2.05, 4.69) is 10.1 Å². The average Bonchev–Trinajstić information content (AvgIpc) is 3.16. The molecule has 5 rings (SSSR count). The fraction of sp³-hybridized carbons (Fsp3) is 0.0800. The lowest BCUT2D eigenvalue weighted by molar-refractivity contribution is 0.296. The molecule has 0 bridgehead atoms. The zero-order valence-corrected chi connectivity index (χ0v) is 19.3. The molecule has 0 aliphatic heterocycles. The van der Waals surface area contributed by atoms with Crippen molar-refractivity contribution in [2.45, 2.75) is 13.2 Å². The molecule has 0 saturated heterocycles. The highest BCUT2D eigenvalue weighted by Gasteiger charge is 2.19. The third-order valence-electron chi connectivity index (χ3n) is 5.44.